The van der Waals surface area contributed by atoms with Crippen molar-refractivity contribution in [1.82, 2.24) is 10.6 Å². The van der Waals surface area contributed by atoms with E-state index in [4.69, 9.17) is 21.1 Å². The molecule has 0 fully saturated rings. The molecule has 2 rings (SSSR count). The van der Waals surface area contributed by atoms with Gasteiger partial charge in [0, 0.05) is 6.04 Å². The molecule has 0 aromatic heterocycles. The molecule has 0 unspecified atom stereocenters. The number of benzene rings is 2. The molecule has 3 amide bonds. The molecule has 1 atom stereocenters. The largest absolute Gasteiger partial charge is 0.480 e. The van der Waals surface area contributed by atoms with Gasteiger partial charge in [0.2, 0.25) is 0 Å². The monoisotopic (exact) mass is 418 g/mol. The topological polar surface area (TPSA) is 93.7 Å². The van der Waals surface area contributed by atoms with Crippen LogP contribution >= 0.6 is 11.6 Å². The second-order valence-electron chi connectivity index (χ2n) is 6.29. The van der Waals surface area contributed by atoms with Gasteiger partial charge in [-0.15, -0.1) is 0 Å². The Balaban J connectivity index is 1.77. The highest BCUT2D eigenvalue weighted by Gasteiger charge is 2.13. The van der Waals surface area contributed by atoms with Crippen molar-refractivity contribution in [2.45, 2.75) is 26.3 Å². The first-order valence-corrected chi connectivity index (χ1v) is 9.50. The van der Waals surface area contributed by atoms with E-state index in [1.807, 2.05) is 43.3 Å². The quantitative estimate of drug-likeness (QED) is 0.639. The summed E-state index contributed by atoms with van der Waals surface area (Å²) in [4.78, 5) is 34.9. The highest BCUT2D eigenvalue weighted by atomic mass is 35.5. The van der Waals surface area contributed by atoms with Crippen LogP contribution in [0.3, 0.4) is 0 Å². The summed E-state index contributed by atoms with van der Waals surface area (Å²) < 4.78 is 10.1. The normalized spacial score (nSPS) is 11.3. The molecular formula is C21H23ClN2O5. The molecule has 154 valence electrons. The van der Waals surface area contributed by atoms with Gasteiger partial charge in [-0.3, -0.25) is 10.1 Å². The highest BCUT2D eigenvalue weighted by Crippen LogP contribution is 2.30. The van der Waals surface area contributed by atoms with Crippen LogP contribution in [0.25, 0.3) is 11.1 Å². The Morgan fingerprint density at radius 3 is 2.41 bits per heavy atom. The number of carbonyl (C=O) groups excluding carboxylic acids is 3. The summed E-state index contributed by atoms with van der Waals surface area (Å²) in [6.07, 6.45) is 0.725. The highest BCUT2D eigenvalue weighted by molar-refractivity contribution is 6.32. The number of halogens is 1. The Hall–Kier alpha value is -3.06. The summed E-state index contributed by atoms with van der Waals surface area (Å²) in [5.74, 6) is -1.17. The number of nitrogens with one attached hydrogen (secondary N) is 2. The first-order valence-electron chi connectivity index (χ1n) is 9.12. The maximum absolute atomic E-state index is 11.8. The third-order valence-corrected chi connectivity index (χ3v) is 4.29. The zero-order chi connectivity index (χ0) is 21.2. The molecule has 0 aliphatic carbocycles. The average molecular weight is 419 g/mol. The fourth-order valence-electron chi connectivity index (χ4n) is 2.28. The summed E-state index contributed by atoms with van der Waals surface area (Å²) in [5, 5.41) is 4.99. The van der Waals surface area contributed by atoms with Gasteiger partial charge in [0.25, 0.3) is 5.91 Å². The molecule has 8 heteroatoms. The molecule has 0 spiro atoms. The van der Waals surface area contributed by atoms with Crippen molar-refractivity contribution >= 4 is 29.5 Å². The molecule has 0 saturated carbocycles. The second kappa shape index (κ2) is 11.1. The van der Waals surface area contributed by atoms with Crippen molar-refractivity contribution in [1.29, 1.82) is 0 Å². The number of carbonyl (C=O) groups is 3. The predicted molar refractivity (Wildman–Crippen MR) is 110 cm³/mol. The maximum Gasteiger partial charge on any atom is 0.344 e. The van der Waals surface area contributed by atoms with E-state index in [2.05, 4.69) is 10.6 Å². The van der Waals surface area contributed by atoms with Gasteiger partial charge in [-0.2, -0.15) is 0 Å². The molecule has 0 saturated heterocycles. The molecule has 0 aliphatic rings. The van der Waals surface area contributed by atoms with Gasteiger partial charge in [-0.25, -0.2) is 9.59 Å². The molecule has 0 bridgehead atoms. The van der Waals surface area contributed by atoms with Gasteiger partial charge in [0.05, 0.1) is 5.02 Å². The smallest absolute Gasteiger partial charge is 0.344 e. The molecule has 2 aromatic rings. The van der Waals surface area contributed by atoms with E-state index >= 15 is 0 Å². The number of esters is 1. The van der Waals surface area contributed by atoms with E-state index in [-0.39, 0.29) is 6.04 Å². The molecule has 29 heavy (non-hydrogen) atoms. The Bertz CT molecular complexity index is 857. The lowest BCUT2D eigenvalue weighted by atomic mass is 10.1. The van der Waals surface area contributed by atoms with E-state index in [1.165, 1.54) is 0 Å². The lowest BCUT2D eigenvalue weighted by Crippen LogP contribution is -2.44. The second-order valence-corrected chi connectivity index (χ2v) is 6.70. The summed E-state index contributed by atoms with van der Waals surface area (Å²) in [7, 11) is 0. The number of ether oxygens (including phenoxy) is 2. The maximum atomic E-state index is 11.8. The number of urea groups is 1. The minimum absolute atomic E-state index is 0.0724. The van der Waals surface area contributed by atoms with Crippen molar-refractivity contribution in [3.8, 4) is 16.9 Å². The minimum Gasteiger partial charge on any atom is -0.480 e. The predicted octanol–water partition coefficient (Wildman–Crippen LogP) is 3.55. The first-order chi connectivity index (χ1) is 13.9. The Kier molecular flexibility index (Phi) is 8.48. The zero-order valence-corrected chi connectivity index (χ0v) is 17.0. The average Bonchev–Trinajstić information content (AvgIpc) is 2.71. The Morgan fingerprint density at radius 2 is 1.76 bits per heavy atom. The van der Waals surface area contributed by atoms with Crippen molar-refractivity contribution < 1.29 is 23.9 Å². The van der Waals surface area contributed by atoms with Crippen LogP contribution in [0.4, 0.5) is 4.79 Å². The molecule has 2 aromatic carbocycles. The SMILES string of the molecule is CC[C@H](C)NC(=O)NC(=O)COC(=O)COc1ccc(-c2ccccc2)cc1Cl. The van der Waals surface area contributed by atoms with Crippen LogP contribution in [0, 0.1) is 0 Å². The van der Waals surface area contributed by atoms with Crippen molar-refractivity contribution in [2.75, 3.05) is 13.2 Å². The molecule has 2 N–H and O–H groups in total. The lowest BCUT2D eigenvalue weighted by Gasteiger charge is -2.12. The van der Waals surface area contributed by atoms with E-state index in [0.29, 0.717) is 10.8 Å². The lowest BCUT2D eigenvalue weighted by molar-refractivity contribution is -0.150. The number of imide groups is 1. The number of hydrogen-bond donors (Lipinski definition) is 2. The molecule has 7 nitrogen and oxygen atoms in total. The number of hydrogen-bond acceptors (Lipinski definition) is 5. The van der Waals surface area contributed by atoms with Gasteiger partial charge < -0.3 is 14.8 Å². The molecule has 0 aliphatic heterocycles. The molecular weight excluding hydrogens is 396 g/mol. The van der Waals surface area contributed by atoms with E-state index in [1.54, 1.807) is 19.1 Å². The Morgan fingerprint density at radius 1 is 1.03 bits per heavy atom. The standard InChI is InChI=1S/C21H23ClN2O5/c1-3-14(2)23-21(27)24-19(25)12-29-20(26)13-28-18-10-9-16(11-17(18)22)15-7-5-4-6-8-15/h4-11,14H,3,12-13H2,1-2H3,(H2,23,24,25,27)/t14-/m0/s1. The van der Waals surface area contributed by atoms with Crippen LogP contribution in [0.1, 0.15) is 20.3 Å². The summed E-state index contributed by atoms with van der Waals surface area (Å²) in [5.41, 5.74) is 1.92. The van der Waals surface area contributed by atoms with Crippen LogP contribution < -0.4 is 15.4 Å². The zero-order valence-electron chi connectivity index (χ0n) is 16.2. The fraction of sp³-hybridized carbons (Fsp3) is 0.286. The van der Waals surface area contributed by atoms with Gasteiger partial charge in [0.1, 0.15) is 5.75 Å². The summed E-state index contributed by atoms with van der Waals surface area (Å²) in [6.45, 7) is 2.70. The van der Waals surface area contributed by atoms with E-state index < -0.39 is 31.1 Å². The first kappa shape index (κ1) is 22.2. The van der Waals surface area contributed by atoms with Crippen LogP contribution in [-0.4, -0.2) is 37.2 Å². The number of rotatable bonds is 8. The van der Waals surface area contributed by atoms with Crippen molar-refractivity contribution in [2.24, 2.45) is 0 Å². The van der Waals surface area contributed by atoms with Crippen molar-refractivity contribution in [3.63, 3.8) is 0 Å². The summed E-state index contributed by atoms with van der Waals surface area (Å²) >= 11 is 6.22. The van der Waals surface area contributed by atoms with Crippen molar-refractivity contribution in [3.05, 3.63) is 53.6 Å². The molecule has 0 heterocycles. The summed E-state index contributed by atoms with van der Waals surface area (Å²) in [6, 6.07) is 14.2. The van der Waals surface area contributed by atoms with Gasteiger partial charge in [-0.1, -0.05) is 54.9 Å². The van der Waals surface area contributed by atoms with Crippen LogP contribution in [0.2, 0.25) is 5.02 Å². The number of amides is 3. The van der Waals surface area contributed by atoms with Gasteiger partial charge in [0.15, 0.2) is 13.2 Å². The minimum atomic E-state index is -0.759. The third kappa shape index (κ3) is 7.46. The Labute approximate surface area is 174 Å². The fourth-order valence-corrected chi connectivity index (χ4v) is 2.51. The van der Waals surface area contributed by atoms with Gasteiger partial charge >= 0.3 is 12.0 Å². The van der Waals surface area contributed by atoms with Crippen LogP contribution in [-0.2, 0) is 14.3 Å². The van der Waals surface area contributed by atoms with E-state index in [0.717, 1.165) is 17.5 Å². The molecule has 0 radical (unpaired) electrons. The van der Waals surface area contributed by atoms with Crippen LogP contribution in [0.15, 0.2) is 48.5 Å². The van der Waals surface area contributed by atoms with E-state index in [9.17, 15) is 14.4 Å². The third-order valence-electron chi connectivity index (χ3n) is 3.99. The van der Waals surface area contributed by atoms with Crippen LogP contribution in [0.5, 0.6) is 5.75 Å². The van der Waals surface area contributed by atoms with Gasteiger partial charge in [-0.05, 0) is 36.6 Å².